The first-order valence-electron chi connectivity index (χ1n) is 8.70. The topological polar surface area (TPSA) is 62.9 Å². The zero-order chi connectivity index (χ0) is 17.5. The first-order chi connectivity index (χ1) is 12.2. The summed E-state index contributed by atoms with van der Waals surface area (Å²) in [5, 5.41) is 3.13. The molecule has 2 aromatic carbocycles. The summed E-state index contributed by atoms with van der Waals surface area (Å²) in [6, 6.07) is 16.7. The Labute approximate surface area is 149 Å². The van der Waals surface area contributed by atoms with Crippen LogP contribution in [0.5, 0.6) is 0 Å². The summed E-state index contributed by atoms with van der Waals surface area (Å²) in [6.07, 6.45) is 0. The Balaban J connectivity index is 1.52. The van der Waals surface area contributed by atoms with Gasteiger partial charge in [-0.15, -0.1) is 0 Å². The highest BCUT2D eigenvalue weighted by molar-refractivity contribution is 5.92. The lowest BCUT2D eigenvalue weighted by Gasteiger charge is -2.26. The molecular weight excluding hydrogens is 312 g/mol. The van der Waals surface area contributed by atoms with E-state index in [0.29, 0.717) is 12.5 Å². The van der Waals surface area contributed by atoms with Crippen molar-refractivity contribution in [2.24, 2.45) is 10.7 Å². The summed E-state index contributed by atoms with van der Waals surface area (Å²) >= 11 is 0. The molecule has 1 aliphatic rings. The Hall–Kier alpha value is -2.37. The number of nitrogens with one attached hydrogen (secondary N) is 1. The van der Waals surface area contributed by atoms with Gasteiger partial charge >= 0.3 is 0 Å². The molecule has 3 rings (SSSR count). The number of nitrogens with zero attached hydrogens (tertiary/aromatic N) is 2. The zero-order valence-corrected chi connectivity index (χ0v) is 14.7. The average Bonchev–Trinajstić information content (AvgIpc) is 2.62. The first-order valence-corrected chi connectivity index (χ1v) is 8.70. The van der Waals surface area contributed by atoms with Crippen molar-refractivity contribution in [2.45, 2.75) is 20.0 Å². The van der Waals surface area contributed by atoms with E-state index in [0.717, 1.165) is 44.1 Å². The van der Waals surface area contributed by atoms with Crippen molar-refractivity contribution in [2.75, 3.05) is 31.6 Å². The van der Waals surface area contributed by atoms with Crippen molar-refractivity contribution in [3.63, 3.8) is 0 Å². The Morgan fingerprint density at radius 3 is 2.56 bits per heavy atom. The summed E-state index contributed by atoms with van der Waals surface area (Å²) in [7, 11) is 0. The van der Waals surface area contributed by atoms with Crippen LogP contribution in [-0.4, -0.2) is 37.2 Å². The summed E-state index contributed by atoms with van der Waals surface area (Å²) in [6.45, 7) is 7.28. The number of anilines is 1. The predicted octanol–water partition coefficient (Wildman–Crippen LogP) is 2.75. The maximum absolute atomic E-state index is 5.98. The molecule has 1 fully saturated rings. The van der Waals surface area contributed by atoms with Gasteiger partial charge in [-0.1, -0.05) is 36.4 Å². The third kappa shape index (κ3) is 5.59. The summed E-state index contributed by atoms with van der Waals surface area (Å²) < 4.78 is 5.39. The minimum atomic E-state index is 0.433. The van der Waals surface area contributed by atoms with E-state index in [9.17, 15) is 0 Å². The van der Waals surface area contributed by atoms with Crippen LogP contribution in [0.2, 0.25) is 0 Å². The molecule has 0 spiro atoms. The van der Waals surface area contributed by atoms with Gasteiger partial charge in [0.2, 0.25) is 0 Å². The van der Waals surface area contributed by atoms with Crippen LogP contribution in [0, 0.1) is 6.92 Å². The molecule has 0 aromatic heterocycles. The number of rotatable bonds is 5. The summed E-state index contributed by atoms with van der Waals surface area (Å²) in [4.78, 5) is 6.84. The number of hydrogen-bond acceptors (Lipinski definition) is 3. The molecule has 132 valence electrons. The van der Waals surface area contributed by atoms with Gasteiger partial charge in [-0.05, 0) is 35.7 Å². The smallest absolute Gasteiger partial charge is 0.193 e. The van der Waals surface area contributed by atoms with Crippen LogP contribution in [0.15, 0.2) is 53.5 Å². The molecule has 25 heavy (non-hydrogen) atoms. The van der Waals surface area contributed by atoms with Crippen LogP contribution >= 0.6 is 0 Å². The molecular formula is C20H26N4O. The van der Waals surface area contributed by atoms with Gasteiger partial charge in [-0.2, -0.15) is 0 Å². The number of aliphatic imine (C=N–C) groups is 1. The highest BCUT2D eigenvalue weighted by atomic mass is 16.5. The van der Waals surface area contributed by atoms with Crippen LogP contribution < -0.4 is 11.1 Å². The standard InChI is InChI=1S/C20H26N4O/c1-16-3-2-4-19(13-16)23-20(21)22-14-17-5-7-18(8-6-17)15-24-9-11-25-12-10-24/h2-8,13H,9-12,14-15H2,1H3,(H3,21,22,23). The normalized spacial score (nSPS) is 16.0. The van der Waals surface area contributed by atoms with Gasteiger partial charge in [-0.25, -0.2) is 4.99 Å². The average molecular weight is 338 g/mol. The van der Waals surface area contributed by atoms with Crippen LogP contribution in [0.4, 0.5) is 5.69 Å². The molecule has 5 heteroatoms. The second kappa shape index (κ2) is 8.65. The fourth-order valence-corrected chi connectivity index (χ4v) is 2.85. The lowest BCUT2D eigenvalue weighted by atomic mass is 10.1. The molecule has 0 unspecified atom stereocenters. The highest BCUT2D eigenvalue weighted by Crippen LogP contribution is 2.11. The van der Waals surface area contributed by atoms with Crippen molar-refractivity contribution in [1.29, 1.82) is 0 Å². The minimum Gasteiger partial charge on any atom is -0.379 e. The quantitative estimate of drug-likeness (QED) is 0.650. The highest BCUT2D eigenvalue weighted by Gasteiger charge is 2.10. The Morgan fingerprint density at radius 1 is 1.12 bits per heavy atom. The maximum atomic E-state index is 5.98. The van der Waals surface area contributed by atoms with E-state index >= 15 is 0 Å². The number of morpholine rings is 1. The Bertz CT molecular complexity index is 706. The van der Waals surface area contributed by atoms with Crippen molar-refractivity contribution < 1.29 is 4.74 Å². The number of nitrogens with two attached hydrogens (primary N) is 1. The number of aryl methyl sites for hydroxylation is 1. The van der Waals surface area contributed by atoms with Crippen molar-refractivity contribution in [3.8, 4) is 0 Å². The lowest BCUT2D eigenvalue weighted by molar-refractivity contribution is 0.0342. The SMILES string of the molecule is Cc1cccc(NC(N)=NCc2ccc(CN3CCOCC3)cc2)c1. The van der Waals surface area contributed by atoms with Crippen LogP contribution in [0.25, 0.3) is 0 Å². The fourth-order valence-electron chi connectivity index (χ4n) is 2.85. The molecule has 0 radical (unpaired) electrons. The molecule has 2 aromatic rings. The van der Waals surface area contributed by atoms with E-state index in [2.05, 4.69) is 52.5 Å². The molecule has 3 N–H and O–H groups in total. The summed E-state index contributed by atoms with van der Waals surface area (Å²) in [5.41, 5.74) is 10.6. The Kier molecular flexibility index (Phi) is 6.04. The lowest BCUT2D eigenvalue weighted by Crippen LogP contribution is -2.35. The Morgan fingerprint density at radius 2 is 1.84 bits per heavy atom. The van der Waals surface area contributed by atoms with E-state index in [1.807, 2.05) is 18.2 Å². The molecule has 0 amide bonds. The van der Waals surface area contributed by atoms with Gasteiger partial charge < -0.3 is 15.8 Å². The molecule has 1 saturated heterocycles. The van der Waals surface area contributed by atoms with Gasteiger partial charge in [0.25, 0.3) is 0 Å². The van der Waals surface area contributed by atoms with E-state index in [1.54, 1.807) is 0 Å². The predicted molar refractivity (Wildman–Crippen MR) is 103 cm³/mol. The zero-order valence-electron chi connectivity index (χ0n) is 14.7. The molecule has 1 aliphatic heterocycles. The van der Waals surface area contributed by atoms with Crippen molar-refractivity contribution >= 4 is 11.6 Å². The van der Waals surface area contributed by atoms with E-state index in [4.69, 9.17) is 10.5 Å². The molecule has 0 aliphatic carbocycles. The summed E-state index contributed by atoms with van der Waals surface area (Å²) in [5.74, 6) is 0.433. The number of guanidine groups is 1. The molecule has 0 bridgehead atoms. The van der Waals surface area contributed by atoms with E-state index in [1.165, 1.54) is 11.1 Å². The van der Waals surface area contributed by atoms with Gasteiger partial charge in [0.1, 0.15) is 0 Å². The van der Waals surface area contributed by atoms with E-state index in [-0.39, 0.29) is 0 Å². The molecule has 0 atom stereocenters. The largest absolute Gasteiger partial charge is 0.379 e. The first kappa shape index (κ1) is 17.5. The molecule has 0 saturated carbocycles. The fraction of sp³-hybridized carbons (Fsp3) is 0.350. The van der Waals surface area contributed by atoms with Crippen molar-refractivity contribution in [1.82, 2.24) is 4.90 Å². The van der Waals surface area contributed by atoms with Gasteiger partial charge in [0.05, 0.1) is 19.8 Å². The number of hydrogen-bond donors (Lipinski definition) is 2. The third-order valence-corrected chi connectivity index (χ3v) is 4.26. The third-order valence-electron chi connectivity index (χ3n) is 4.26. The van der Waals surface area contributed by atoms with Gasteiger partial charge in [0, 0.05) is 25.3 Å². The molecule has 1 heterocycles. The second-order valence-corrected chi connectivity index (χ2v) is 6.40. The van der Waals surface area contributed by atoms with Crippen LogP contribution in [-0.2, 0) is 17.8 Å². The molecule has 5 nitrogen and oxygen atoms in total. The number of benzene rings is 2. The van der Waals surface area contributed by atoms with Gasteiger partial charge in [-0.3, -0.25) is 4.90 Å². The minimum absolute atomic E-state index is 0.433. The maximum Gasteiger partial charge on any atom is 0.193 e. The monoisotopic (exact) mass is 338 g/mol. The second-order valence-electron chi connectivity index (χ2n) is 6.40. The number of ether oxygens (including phenoxy) is 1. The van der Waals surface area contributed by atoms with Crippen LogP contribution in [0.3, 0.4) is 0 Å². The van der Waals surface area contributed by atoms with Crippen LogP contribution in [0.1, 0.15) is 16.7 Å². The van der Waals surface area contributed by atoms with Crippen molar-refractivity contribution in [3.05, 3.63) is 65.2 Å². The van der Waals surface area contributed by atoms with E-state index < -0.39 is 0 Å². The van der Waals surface area contributed by atoms with Gasteiger partial charge in [0.15, 0.2) is 5.96 Å².